The number of aromatic nitrogens is 1. The Morgan fingerprint density at radius 2 is 1.35 bits per heavy atom. The van der Waals surface area contributed by atoms with Crippen LogP contribution in [0.15, 0.2) is 155 Å². The zero-order chi connectivity index (χ0) is 31.6. The summed E-state index contributed by atoms with van der Waals surface area (Å²) >= 11 is 0. The van der Waals surface area contributed by atoms with E-state index in [9.17, 15) is 0 Å². The summed E-state index contributed by atoms with van der Waals surface area (Å²) in [5.41, 5.74) is 11.2. The molecule has 0 saturated heterocycles. The Kier molecular flexibility index (Phi) is 6.03. The number of hydrogen-bond donors (Lipinski definition) is 1. The summed E-state index contributed by atoms with van der Waals surface area (Å²) in [6, 6.07) is 51.6. The molecule has 6 aromatic carbocycles. The summed E-state index contributed by atoms with van der Waals surface area (Å²) in [6.07, 6.45) is 5.58. The van der Waals surface area contributed by atoms with Gasteiger partial charge in [0, 0.05) is 43.5 Å². The van der Waals surface area contributed by atoms with Crippen molar-refractivity contribution in [2.24, 2.45) is 4.99 Å². The van der Waals surface area contributed by atoms with Gasteiger partial charge in [-0.15, -0.1) is 0 Å². The van der Waals surface area contributed by atoms with E-state index >= 15 is 0 Å². The Labute approximate surface area is 277 Å². The molecule has 0 spiro atoms. The maximum atomic E-state index is 6.69. The van der Waals surface area contributed by atoms with Gasteiger partial charge in [-0.25, -0.2) is 4.99 Å². The third-order valence-electron chi connectivity index (χ3n) is 9.99. The van der Waals surface area contributed by atoms with Gasteiger partial charge in [0.2, 0.25) is 0 Å². The molecule has 2 aromatic heterocycles. The van der Waals surface area contributed by atoms with Gasteiger partial charge in [0.15, 0.2) is 0 Å². The van der Waals surface area contributed by atoms with Gasteiger partial charge in [0.05, 0.1) is 17.8 Å². The van der Waals surface area contributed by atoms with E-state index in [-0.39, 0.29) is 12.1 Å². The van der Waals surface area contributed by atoms with E-state index in [0.29, 0.717) is 0 Å². The summed E-state index contributed by atoms with van der Waals surface area (Å²) < 4.78 is 9.19. The second kappa shape index (κ2) is 10.7. The molecule has 0 amide bonds. The lowest BCUT2D eigenvalue weighted by atomic mass is 9.91. The summed E-state index contributed by atoms with van der Waals surface area (Å²) in [5.74, 6) is 0.881. The molecule has 4 heteroatoms. The molecule has 1 aliphatic heterocycles. The molecule has 0 radical (unpaired) electrons. The highest BCUT2D eigenvalue weighted by Gasteiger charge is 2.27. The van der Waals surface area contributed by atoms with Gasteiger partial charge in [-0.1, -0.05) is 121 Å². The Morgan fingerprint density at radius 3 is 2.23 bits per heavy atom. The van der Waals surface area contributed by atoms with Crippen LogP contribution in [0, 0.1) is 0 Å². The van der Waals surface area contributed by atoms with Gasteiger partial charge in [-0.2, -0.15) is 0 Å². The zero-order valence-corrected chi connectivity index (χ0v) is 26.2. The van der Waals surface area contributed by atoms with E-state index in [4.69, 9.17) is 9.41 Å². The van der Waals surface area contributed by atoms with Crippen LogP contribution in [0.25, 0.3) is 56.1 Å². The quantitative estimate of drug-likeness (QED) is 0.214. The van der Waals surface area contributed by atoms with Crippen LogP contribution in [0.3, 0.4) is 0 Å². The predicted octanol–water partition coefficient (Wildman–Crippen LogP) is 9.18. The normalized spacial score (nSPS) is 16.9. The van der Waals surface area contributed by atoms with E-state index in [1.165, 1.54) is 49.1 Å². The smallest absolute Gasteiger partial charge is 0.135 e. The molecule has 228 valence electrons. The first kappa shape index (κ1) is 27.0. The third-order valence-corrected chi connectivity index (χ3v) is 9.99. The minimum absolute atomic E-state index is 0.0680. The van der Waals surface area contributed by atoms with Crippen molar-refractivity contribution in [2.75, 3.05) is 0 Å². The number of nitrogens with one attached hydrogen (secondary N) is 1. The van der Waals surface area contributed by atoms with Crippen LogP contribution in [-0.4, -0.2) is 10.4 Å². The Morgan fingerprint density at radius 1 is 0.625 bits per heavy atom. The van der Waals surface area contributed by atoms with Gasteiger partial charge >= 0.3 is 0 Å². The molecule has 1 aliphatic carbocycles. The molecular formula is C44H31N3O. The first-order valence-corrected chi connectivity index (χ1v) is 16.6. The van der Waals surface area contributed by atoms with Crippen LogP contribution >= 0.6 is 0 Å². The van der Waals surface area contributed by atoms with Gasteiger partial charge in [-0.3, -0.25) is 0 Å². The van der Waals surface area contributed by atoms with Gasteiger partial charge in [-0.05, 0) is 59.5 Å². The van der Waals surface area contributed by atoms with Crippen molar-refractivity contribution in [3.05, 3.63) is 173 Å². The van der Waals surface area contributed by atoms with Crippen molar-refractivity contribution in [3.63, 3.8) is 0 Å². The fourth-order valence-electron chi connectivity index (χ4n) is 7.81. The second-order valence-electron chi connectivity index (χ2n) is 12.7. The second-order valence-corrected chi connectivity index (χ2v) is 12.7. The minimum atomic E-state index is -0.0680. The first-order chi connectivity index (χ1) is 23.8. The van der Waals surface area contributed by atoms with Crippen LogP contribution in [0.2, 0.25) is 0 Å². The van der Waals surface area contributed by atoms with Crippen molar-refractivity contribution in [2.45, 2.75) is 18.5 Å². The molecule has 10 rings (SSSR count). The summed E-state index contributed by atoms with van der Waals surface area (Å²) in [5, 5.41) is 8.68. The molecule has 4 nitrogen and oxygen atoms in total. The summed E-state index contributed by atoms with van der Waals surface area (Å²) in [7, 11) is 0. The standard InChI is InChI=1S/C44H31N3O/c1-3-12-28(13-4-1)30-22-25-39-36(26-30)32-16-8-10-20-38(32)47(39)31-23-24-34-41(27-31)48-40-21-11-18-35(42(34)40)43-33-17-7-9-19-37(33)45-44(46-43)29-14-5-2-6-15-29/h1-22,24-27,31,43H,23H2,(H,45,46). The largest absolute Gasteiger partial charge is 0.456 e. The van der Waals surface area contributed by atoms with Crippen molar-refractivity contribution >= 4 is 56.5 Å². The Balaban J connectivity index is 1.11. The summed E-state index contributed by atoms with van der Waals surface area (Å²) in [6.45, 7) is 0. The first-order valence-electron chi connectivity index (χ1n) is 16.6. The SMILES string of the molecule is C1=c2oc3cccc(C4NC(c5ccccc5)=Nc5ccccc54)c3c2=CCC1n1c2ccccc2c2cc(-c3ccccc3)ccc21. The number of fused-ring (bicyclic) bond motifs is 7. The maximum Gasteiger partial charge on any atom is 0.135 e. The molecule has 2 atom stereocenters. The number of nitrogens with zero attached hydrogens (tertiary/aromatic N) is 2. The molecule has 2 unspecified atom stereocenters. The average Bonchev–Trinajstić information content (AvgIpc) is 3.70. The monoisotopic (exact) mass is 617 g/mol. The molecule has 1 N–H and O–H groups in total. The number of amidine groups is 1. The van der Waals surface area contributed by atoms with Crippen LogP contribution in [-0.2, 0) is 0 Å². The molecule has 0 saturated carbocycles. The topological polar surface area (TPSA) is 42.5 Å². The van der Waals surface area contributed by atoms with Crippen LogP contribution in [0.4, 0.5) is 5.69 Å². The minimum Gasteiger partial charge on any atom is -0.456 e. The average molecular weight is 618 g/mol. The van der Waals surface area contributed by atoms with E-state index in [1.54, 1.807) is 0 Å². The molecule has 48 heavy (non-hydrogen) atoms. The van der Waals surface area contributed by atoms with E-state index < -0.39 is 0 Å². The number of benzene rings is 6. The van der Waals surface area contributed by atoms with Crippen molar-refractivity contribution in [1.82, 2.24) is 9.88 Å². The van der Waals surface area contributed by atoms with Crippen LogP contribution in [0.5, 0.6) is 0 Å². The van der Waals surface area contributed by atoms with Crippen LogP contribution < -0.4 is 16.0 Å². The molecule has 2 aliphatic rings. The molecule has 3 heterocycles. The fraction of sp³-hybridized carbons (Fsp3) is 0.0682. The molecule has 8 aromatic rings. The van der Waals surface area contributed by atoms with E-state index in [2.05, 4.69) is 162 Å². The van der Waals surface area contributed by atoms with E-state index in [1.807, 2.05) is 6.07 Å². The third kappa shape index (κ3) is 4.19. The number of para-hydroxylation sites is 2. The van der Waals surface area contributed by atoms with Crippen molar-refractivity contribution in [1.29, 1.82) is 0 Å². The molecular weight excluding hydrogens is 587 g/mol. The molecule has 0 bridgehead atoms. The lowest BCUT2D eigenvalue weighted by Gasteiger charge is -2.28. The molecule has 0 fully saturated rings. The van der Waals surface area contributed by atoms with E-state index in [0.717, 1.165) is 40.1 Å². The lowest BCUT2D eigenvalue weighted by Crippen LogP contribution is -2.34. The summed E-state index contributed by atoms with van der Waals surface area (Å²) in [4.78, 5) is 5.02. The zero-order valence-electron chi connectivity index (χ0n) is 26.2. The van der Waals surface area contributed by atoms with Gasteiger partial charge in [0.25, 0.3) is 0 Å². The number of aliphatic imine (C=N–C) groups is 1. The Bertz CT molecular complexity index is 2680. The lowest BCUT2D eigenvalue weighted by molar-refractivity contribution is 0.560. The number of furan rings is 1. The van der Waals surface area contributed by atoms with Crippen molar-refractivity contribution in [3.8, 4) is 11.1 Å². The van der Waals surface area contributed by atoms with Gasteiger partial charge in [0.1, 0.15) is 16.8 Å². The highest BCUT2D eigenvalue weighted by Crippen LogP contribution is 2.39. The van der Waals surface area contributed by atoms with Gasteiger partial charge < -0.3 is 14.3 Å². The fourth-order valence-corrected chi connectivity index (χ4v) is 7.81. The number of hydrogen-bond acceptors (Lipinski definition) is 3. The highest BCUT2D eigenvalue weighted by atomic mass is 16.3. The maximum absolute atomic E-state index is 6.69. The number of rotatable bonds is 4. The Hall–Kier alpha value is -6.13. The predicted molar refractivity (Wildman–Crippen MR) is 197 cm³/mol. The highest BCUT2D eigenvalue weighted by molar-refractivity contribution is 6.09. The van der Waals surface area contributed by atoms with Crippen molar-refractivity contribution < 1.29 is 4.42 Å². The van der Waals surface area contributed by atoms with Crippen LogP contribution in [0.1, 0.15) is 35.2 Å².